The van der Waals surface area contributed by atoms with Crippen LogP contribution in [0.25, 0.3) is 0 Å². The molecule has 0 saturated heterocycles. The van der Waals surface area contributed by atoms with Gasteiger partial charge in [-0.2, -0.15) is 0 Å². The van der Waals surface area contributed by atoms with Gasteiger partial charge in [0.2, 0.25) is 0 Å². The largest absolute Gasteiger partial charge is 0.507 e. The number of hydrogen-bond donors (Lipinski definition) is 3. The van der Waals surface area contributed by atoms with Crippen LogP contribution in [0.5, 0.6) is 23.0 Å². The number of ether oxygens (including phenoxy) is 2. The van der Waals surface area contributed by atoms with E-state index < -0.39 is 5.91 Å². The van der Waals surface area contributed by atoms with Crippen LogP contribution in [0, 0.1) is 0 Å². The molecular formula is C29H31NO6. The molecule has 0 spiro atoms. The van der Waals surface area contributed by atoms with Crippen molar-refractivity contribution in [1.82, 2.24) is 0 Å². The Morgan fingerprint density at radius 3 is 2.33 bits per heavy atom. The number of aromatic hydroxyl groups is 2. The van der Waals surface area contributed by atoms with Gasteiger partial charge >= 0.3 is 0 Å². The maximum absolute atomic E-state index is 13.2. The fraction of sp³-hybridized carbons (Fsp3) is 0.310. The summed E-state index contributed by atoms with van der Waals surface area (Å²) in [5.74, 6) is -0.0919. The van der Waals surface area contributed by atoms with Gasteiger partial charge in [-0.3, -0.25) is 9.59 Å². The molecule has 7 heteroatoms. The van der Waals surface area contributed by atoms with E-state index in [0.29, 0.717) is 29.0 Å². The van der Waals surface area contributed by atoms with Gasteiger partial charge in [0.15, 0.2) is 5.78 Å². The summed E-state index contributed by atoms with van der Waals surface area (Å²) in [4.78, 5) is 24.5. The van der Waals surface area contributed by atoms with Gasteiger partial charge in [0, 0.05) is 11.6 Å². The number of ketones is 1. The lowest BCUT2D eigenvalue weighted by Gasteiger charge is -2.15. The molecule has 3 aromatic carbocycles. The third-order valence-corrected chi connectivity index (χ3v) is 6.38. The first kappa shape index (κ1) is 25.1. The number of hydrogen-bond acceptors (Lipinski definition) is 6. The lowest BCUT2D eigenvalue weighted by Crippen LogP contribution is -2.11. The van der Waals surface area contributed by atoms with Crippen LogP contribution in [0.1, 0.15) is 76.4 Å². The Hall–Kier alpha value is -4.00. The van der Waals surface area contributed by atoms with Crippen molar-refractivity contribution in [3.8, 4) is 23.0 Å². The highest BCUT2D eigenvalue weighted by Gasteiger charge is 2.20. The highest BCUT2D eigenvalue weighted by molar-refractivity contribution is 6.11. The van der Waals surface area contributed by atoms with Crippen LogP contribution in [-0.2, 0) is 13.0 Å². The van der Waals surface area contributed by atoms with Crippen molar-refractivity contribution in [2.45, 2.75) is 58.2 Å². The summed E-state index contributed by atoms with van der Waals surface area (Å²) in [6, 6.07) is 14.6. The molecule has 7 nitrogen and oxygen atoms in total. The van der Waals surface area contributed by atoms with E-state index in [1.54, 1.807) is 36.4 Å². The SMILES string of the molecule is CCCc1cc(C(=O)c2ccc(OC3CCCC3)cc2O)ccc1OCc1ccc(C(N)=O)c(O)c1. The van der Waals surface area contributed by atoms with Crippen LogP contribution < -0.4 is 15.2 Å². The molecule has 1 saturated carbocycles. The van der Waals surface area contributed by atoms with Gasteiger partial charge in [-0.25, -0.2) is 0 Å². The van der Waals surface area contributed by atoms with Crippen molar-refractivity contribution < 1.29 is 29.3 Å². The summed E-state index contributed by atoms with van der Waals surface area (Å²) in [6.07, 6.45) is 6.03. The summed E-state index contributed by atoms with van der Waals surface area (Å²) < 4.78 is 11.9. The molecule has 4 rings (SSSR count). The second-order valence-corrected chi connectivity index (χ2v) is 9.11. The number of carbonyl (C=O) groups is 2. The lowest BCUT2D eigenvalue weighted by molar-refractivity contribution is 0.0995. The molecule has 1 amide bonds. The van der Waals surface area contributed by atoms with Gasteiger partial charge in [-0.05, 0) is 85.7 Å². The van der Waals surface area contributed by atoms with Crippen molar-refractivity contribution in [3.63, 3.8) is 0 Å². The Bertz CT molecular complexity index is 1260. The Morgan fingerprint density at radius 2 is 1.67 bits per heavy atom. The summed E-state index contributed by atoms with van der Waals surface area (Å²) in [5, 5.41) is 20.5. The number of primary amides is 1. The minimum atomic E-state index is -0.701. The Labute approximate surface area is 210 Å². The quantitative estimate of drug-likeness (QED) is 0.333. The first-order valence-electron chi connectivity index (χ1n) is 12.3. The van der Waals surface area contributed by atoms with Crippen molar-refractivity contribution in [2.75, 3.05) is 0 Å². The van der Waals surface area contributed by atoms with E-state index in [1.807, 2.05) is 6.92 Å². The number of amides is 1. The van der Waals surface area contributed by atoms with E-state index in [-0.39, 0.29) is 41.1 Å². The fourth-order valence-electron chi connectivity index (χ4n) is 4.49. The molecule has 1 fully saturated rings. The van der Waals surface area contributed by atoms with Gasteiger partial charge in [0.25, 0.3) is 5.91 Å². The van der Waals surface area contributed by atoms with E-state index in [4.69, 9.17) is 15.2 Å². The molecule has 0 radical (unpaired) electrons. The second kappa shape index (κ2) is 11.2. The molecular weight excluding hydrogens is 458 g/mol. The molecule has 0 atom stereocenters. The van der Waals surface area contributed by atoms with Gasteiger partial charge in [-0.15, -0.1) is 0 Å². The maximum Gasteiger partial charge on any atom is 0.252 e. The Balaban J connectivity index is 1.49. The predicted molar refractivity (Wildman–Crippen MR) is 136 cm³/mol. The summed E-state index contributed by atoms with van der Waals surface area (Å²) in [6.45, 7) is 2.20. The first-order chi connectivity index (χ1) is 17.4. The van der Waals surface area contributed by atoms with E-state index in [0.717, 1.165) is 37.7 Å². The monoisotopic (exact) mass is 489 g/mol. The topological polar surface area (TPSA) is 119 Å². The average molecular weight is 490 g/mol. The number of carbonyl (C=O) groups excluding carboxylic acids is 2. The van der Waals surface area contributed by atoms with Crippen LogP contribution in [0.4, 0.5) is 0 Å². The van der Waals surface area contributed by atoms with Gasteiger partial charge < -0.3 is 25.4 Å². The van der Waals surface area contributed by atoms with E-state index in [2.05, 4.69) is 0 Å². The molecule has 1 aliphatic rings. The molecule has 0 heterocycles. The minimum absolute atomic E-state index is 0.0506. The molecule has 4 N–H and O–H groups in total. The number of rotatable bonds is 10. The average Bonchev–Trinajstić information content (AvgIpc) is 3.36. The summed E-state index contributed by atoms with van der Waals surface area (Å²) >= 11 is 0. The zero-order chi connectivity index (χ0) is 25.7. The fourth-order valence-corrected chi connectivity index (χ4v) is 4.49. The predicted octanol–water partition coefficient (Wildman–Crippen LogP) is 5.28. The van der Waals surface area contributed by atoms with Gasteiger partial charge in [-0.1, -0.05) is 19.4 Å². The smallest absolute Gasteiger partial charge is 0.252 e. The number of phenols is 2. The minimum Gasteiger partial charge on any atom is -0.507 e. The van der Waals surface area contributed by atoms with Crippen LogP contribution >= 0.6 is 0 Å². The zero-order valence-corrected chi connectivity index (χ0v) is 20.3. The van der Waals surface area contributed by atoms with Crippen molar-refractivity contribution >= 4 is 11.7 Å². The number of aryl methyl sites for hydroxylation is 1. The highest BCUT2D eigenvalue weighted by atomic mass is 16.5. The van der Waals surface area contributed by atoms with Crippen LogP contribution in [-0.4, -0.2) is 28.0 Å². The van der Waals surface area contributed by atoms with Crippen LogP contribution in [0.15, 0.2) is 54.6 Å². The van der Waals surface area contributed by atoms with Gasteiger partial charge in [0.05, 0.1) is 17.2 Å². The number of nitrogens with two attached hydrogens (primary N) is 1. The van der Waals surface area contributed by atoms with Crippen molar-refractivity contribution in [3.05, 3.63) is 82.4 Å². The van der Waals surface area contributed by atoms with Crippen molar-refractivity contribution in [1.29, 1.82) is 0 Å². The normalized spacial score (nSPS) is 13.5. The third-order valence-electron chi connectivity index (χ3n) is 6.38. The van der Waals surface area contributed by atoms with E-state index >= 15 is 0 Å². The van der Waals surface area contributed by atoms with Gasteiger partial charge in [0.1, 0.15) is 29.6 Å². The highest BCUT2D eigenvalue weighted by Crippen LogP contribution is 2.31. The number of benzene rings is 3. The molecule has 0 bridgehead atoms. The molecule has 3 aromatic rings. The molecule has 0 aliphatic heterocycles. The summed E-state index contributed by atoms with van der Waals surface area (Å²) in [5.41, 5.74) is 7.49. The third kappa shape index (κ3) is 5.79. The lowest BCUT2D eigenvalue weighted by atomic mass is 9.98. The molecule has 36 heavy (non-hydrogen) atoms. The second-order valence-electron chi connectivity index (χ2n) is 9.11. The maximum atomic E-state index is 13.2. The van der Waals surface area contributed by atoms with Crippen LogP contribution in [0.2, 0.25) is 0 Å². The van der Waals surface area contributed by atoms with Crippen LogP contribution in [0.3, 0.4) is 0 Å². The molecule has 0 unspecified atom stereocenters. The van der Waals surface area contributed by atoms with E-state index in [9.17, 15) is 19.8 Å². The summed E-state index contributed by atoms with van der Waals surface area (Å²) in [7, 11) is 0. The van der Waals surface area contributed by atoms with Crippen molar-refractivity contribution in [2.24, 2.45) is 5.73 Å². The molecule has 188 valence electrons. The zero-order valence-electron chi connectivity index (χ0n) is 20.3. The Kier molecular flexibility index (Phi) is 7.78. The molecule has 1 aliphatic carbocycles. The first-order valence-corrected chi connectivity index (χ1v) is 12.3. The van der Waals surface area contributed by atoms with E-state index in [1.165, 1.54) is 18.2 Å². The number of phenolic OH excluding ortho intramolecular Hbond substituents is 1. The molecule has 0 aromatic heterocycles. The Morgan fingerprint density at radius 1 is 0.944 bits per heavy atom. The standard InChI is InChI=1S/C29H31NO6/c1-2-5-19-15-20(9-13-27(19)35-17-18-8-11-24(29(30)34)25(31)14-18)28(33)23-12-10-22(16-26(23)32)36-21-6-3-4-7-21/h8-16,21,31-32H,2-7,17H2,1H3,(H2,30,34).